The number of hydrogen-bond donors (Lipinski definition) is 0. The van der Waals surface area contributed by atoms with E-state index in [-0.39, 0.29) is 24.1 Å². The maximum absolute atomic E-state index is 12.5. The lowest BCUT2D eigenvalue weighted by Gasteiger charge is -2.37. The summed E-state index contributed by atoms with van der Waals surface area (Å²) in [4.78, 5) is 19.0. The summed E-state index contributed by atoms with van der Waals surface area (Å²) in [5.74, 6) is 1.33. The highest BCUT2D eigenvalue weighted by Gasteiger charge is 2.34. The largest absolute Gasteiger partial charge is 0.444 e. The molecular weight excluding hydrogens is 410 g/mol. The number of hydrogen-bond acceptors (Lipinski definition) is 7. The lowest BCUT2D eigenvalue weighted by molar-refractivity contribution is -0.0266. The molecule has 32 heavy (non-hydrogen) atoms. The van der Waals surface area contributed by atoms with Crippen LogP contribution in [0.25, 0.3) is 22.4 Å². The number of fused-ring (bicyclic) bond motifs is 1. The molecule has 4 heterocycles. The molecule has 0 spiro atoms. The Labute approximate surface area is 186 Å². The number of likely N-dealkylation sites (tertiary alicyclic amines) is 1. The summed E-state index contributed by atoms with van der Waals surface area (Å²) in [6, 6.07) is 6.37. The minimum Gasteiger partial charge on any atom is -0.444 e. The molecule has 3 aromatic rings. The molecule has 1 amide bonds. The molecule has 2 aromatic heterocycles. The van der Waals surface area contributed by atoms with Crippen molar-refractivity contribution in [3.63, 3.8) is 0 Å². The predicted molar refractivity (Wildman–Crippen MR) is 117 cm³/mol. The Morgan fingerprint density at radius 3 is 2.75 bits per heavy atom. The van der Waals surface area contributed by atoms with Crippen molar-refractivity contribution >= 4 is 17.0 Å². The molecule has 9 heteroatoms. The summed E-state index contributed by atoms with van der Waals surface area (Å²) in [7, 11) is 0. The van der Waals surface area contributed by atoms with Crippen LogP contribution in [0.2, 0.25) is 0 Å². The standard InChI is InChI=1S/C23H29N5O4/c1-14-9-15(7-8-27(14)22(29)31-23(2,3)4)20-25-21(32-26-20)16-5-6-17-11-24-28(19(17)10-16)18-12-30-13-18/h5-6,10-11,14-15,18H,7-9,12-13H2,1-4H3/t14-,15-/m1/s1. The molecule has 1 aromatic carbocycles. The van der Waals surface area contributed by atoms with Crippen molar-refractivity contribution in [1.29, 1.82) is 0 Å². The fourth-order valence-corrected chi connectivity index (χ4v) is 4.34. The van der Waals surface area contributed by atoms with E-state index in [1.165, 1.54) is 0 Å². The SMILES string of the molecule is C[C@@H]1C[C@H](c2noc(-c3ccc4cnn(C5COC5)c4c3)n2)CCN1C(=O)OC(C)(C)C. The lowest BCUT2D eigenvalue weighted by Crippen LogP contribution is -2.46. The zero-order valence-corrected chi connectivity index (χ0v) is 18.9. The Balaban J connectivity index is 1.31. The van der Waals surface area contributed by atoms with E-state index < -0.39 is 5.60 Å². The second-order valence-corrected chi connectivity index (χ2v) is 9.76. The third-order valence-corrected chi connectivity index (χ3v) is 6.12. The molecule has 0 radical (unpaired) electrons. The van der Waals surface area contributed by atoms with Gasteiger partial charge in [-0.05, 0) is 52.7 Å². The van der Waals surface area contributed by atoms with Crippen LogP contribution in [0, 0.1) is 0 Å². The minimum absolute atomic E-state index is 0.0425. The molecule has 2 atom stereocenters. The second-order valence-electron chi connectivity index (χ2n) is 9.76. The van der Waals surface area contributed by atoms with Crippen molar-refractivity contribution in [1.82, 2.24) is 24.8 Å². The first kappa shape index (κ1) is 20.9. The van der Waals surface area contributed by atoms with Gasteiger partial charge in [0.25, 0.3) is 5.89 Å². The summed E-state index contributed by atoms with van der Waals surface area (Å²) < 4.78 is 18.5. The predicted octanol–water partition coefficient (Wildman–Crippen LogP) is 4.16. The molecule has 2 saturated heterocycles. The summed E-state index contributed by atoms with van der Waals surface area (Å²) in [6.07, 6.45) is 3.15. The highest BCUT2D eigenvalue weighted by Crippen LogP contribution is 2.33. The minimum atomic E-state index is -0.502. The average molecular weight is 440 g/mol. The molecular formula is C23H29N5O4. The number of ether oxygens (including phenoxy) is 2. The van der Waals surface area contributed by atoms with E-state index in [1.54, 1.807) is 4.90 Å². The zero-order chi connectivity index (χ0) is 22.5. The number of nitrogens with zero attached hydrogens (tertiary/aromatic N) is 5. The van der Waals surface area contributed by atoms with Crippen LogP contribution in [-0.4, -0.2) is 62.3 Å². The third kappa shape index (κ3) is 3.97. The van der Waals surface area contributed by atoms with Crippen LogP contribution in [0.15, 0.2) is 28.9 Å². The second kappa shape index (κ2) is 7.88. The molecule has 5 rings (SSSR count). The summed E-state index contributed by atoms with van der Waals surface area (Å²) >= 11 is 0. The fraction of sp³-hybridized carbons (Fsp3) is 0.565. The number of piperidine rings is 1. The van der Waals surface area contributed by atoms with Gasteiger partial charge in [0.1, 0.15) is 5.60 Å². The van der Waals surface area contributed by atoms with Crippen LogP contribution < -0.4 is 0 Å². The summed E-state index contributed by atoms with van der Waals surface area (Å²) in [6.45, 7) is 9.67. The van der Waals surface area contributed by atoms with E-state index in [2.05, 4.69) is 10.3 Å². The first-order valence-electron chi connectivity index (χ1n) is 11.2. The Bertz CT molecular complexity index is 1130. The van der Waals surface area contributed by atoms with Gasteiger partial charge in [-0.25, -0.2) is 4.79 Å². The van der Waals surface area contributed by atoms with Gasteiger partial charge in [-0.15, -0.1) is 0 Å². The highest BCUT2D eigenvalue weighted by atomic mass is 16.6. The number of aromatic nitrogens is 4. The molecule has 9 nitrogen and oxygen atoms in total. The van der Waals surface area contributed by atoms with Crippen LogP contribution in [0.3, 0.4) is 0 Å². The number of carbonyl (C=O) groups is 1. The van der Waals surface area contributed by atoms with Crippen LogP contribution in [0.4, 0.5) is 4.79 Å². The normalized spacial score (nSPS) is 22.2. The average Bonchev–Trinajstić information content (AvgIpc) is 3.33. The Morgan fingerprint density at radius 2 is 2.06 bits per heavy atom. The van der Waals surface area contributed by atoms with E-state index in [9.17, 15) is 4.79 Å². The zero-order valence-electron chi connectivity index (χ0n) is 18.9. The van der Waals surface area contributed by atoms with Crippen LogP contribution in [0.5, 0.6) is 0 Å². The molecule has 0 aliphatic carbocycles. The Kier molecular flexibility index (Phi) is 5.16. The van der Waals surface area contributed by atoms with E-state index >= 15 is 0 Å². The van der Waals surface area contributed by atoms with Crippen molar-refractivity contribution in [3.05, 3.63) is 30.2 Å². The Hall–Kier alpha value is -2.94. The van der Waals surface area contributed by atoms with Crippen molar-refractivity contribution in [2.24, 2.45) is 0 Å². The van der Waals surface area contributed by atoms with Crippen molar-refractivity contribution in [3.8, 4) is 11.5 Å². The first-order valence-corrected chi connectivity index (χ1v) is 11.2. The van der Waals surface area contributed by atoms with Crippen LogP contribution >= 0.6 is 0 Å². The van der Waals surface area contributed by atoms with E-state index in [4.69, 9.17) is 19.0 Å². The van der Waals surface area contributed by atoms with Gasteiger partial charge >= 0.3 is 6.09 Å². The van der Waals surface area contributed by atoms with Gasteiger partial charge in [0.05, 0.1) is 31.0 Å². The molecule has 0 N–H and O–H groups in total. The quantitative estimate of drug-likeness (QED) is 0.605. The monoisotopic (exact) mass is 439 g/mol. The maximum atomic E-state index is 12.5. The topological polar surface area (TPSA) is 95.5 Å². The van der Waals surface area contributed by atoms with Gasteiger partial charge in [-0.1, -0.05) is 11.2 Å². The van der Waals surface area contributed by atoms with Crippen molar-refractivity contribution in [2.75, 3.05) is 19.8 Å². The molecule has 0 unspecified atom stereocenters. The number of rotatable bonds is 3. The van der Waals surface area contributed by atoms with E-state index in [0.29, 0.717) is 31.5 Å². The molecule has 0 saturated carbocycles. The molecule has 2 aliphatic rings. The summed E-state index contributed by atoms with van der Waals surface area (Å²) in [5, 5.41) is 9.85. The highest BCUT2D eigenvalue weighted by molar-refractivity contribution is 5.83. The Morgan fingerprint density at radius 1 is 1.25 bits per heavy atom. The fourth-order valence-electron chi connectivity index (χ4n) is 4.34. The van der Waals surface area contributed by atoms with Gasteiger partial charge in [-0.3, -0.25) is 4.68 Å². The van der Waals surface area contributed by atoms with Gasteiger partial charge in [-0.2, -0.15) is 10.1 Å². The van der Waals surface area contributed by atoms with Crippen molar-refractivity contribution < 1.29 is 18.8 Å². The molecule has 2 aliphatic heterocycles. The van der Waals surface area contributed by atoms with Crippen molar-refractivity contribution in [2.45, 2.75) is 64.1 Å². The van der Waals surface area contributed by atoms with Gasteiger partial charge in [0, 0.05) is 29.5 Å². The molecule has 2 fully saturated rings. The van der Waals surface area contributed by atoms with E-state index in [1.807, 2.05) is 56.8 Å². The van der Waals surface area contributed by atoms with Gasteiger partial charge < -0.3 is 18.9 Å². The maximum Gasteiger partial charge on any atom is 0.410 e. The molecule has 0 bridgehead atoms. The number of carbonyl (C=O) groups excluding carboxylic acids is 1. The molecule has 170 valence electrons. The lowest BCUT2D eigenvalue weighted by atomic mass is 9.91. The smallest absolute Gasteiger partial charge is 0.410 e. The third-order valence-electron chi connectivity index (χ3n) is 6.12. The van der Waals surface area contributed by atoms with Gasteiger partial charge in [0.2, 0.25) is 0 Å². The van der Waals surface area contributed by atoms with Gasteiger partial charge in [0.15, 0.2) is 5.82 Å². The number of benzene rings is 1. The van der Waals surface area contributed by atoms with Crippen LogP contribution in [-0.2, 0) is 9.47 Å². The number of amides is 1. The van der Waals surface area contributed by atoms with E-state index in [0.717, 1.165) is 29.3 Å². The first-order chi connectivity index (χ1) is 15.3. The van der Waals surface area contributed by atoms with Crippen LogP contribution in [0.1, 0.15) is 58.3 Å². The summed E-state index contributed by atoms with van der Waals surface area (Å²) in [5.41, 5.74) is 1.41.